The molecule has 0 saturated carbocycles. The molecular weight excluding hydrogens is 250 g/mol. The maximum absolute atomic E-state index is 6.00. The number of alkyl halides is 1. The monoisotopic (exact) mass is 271 g/mol. The fraction of sp³-hybridized carbons (Fsp3) is 0.769. The van der Waals surface area contributed by atoms with Gasteiger partial charge in [-0.15, -0.1) is 11.6 Å². The van der Waals surface area contributed by atoms with Gasteiger partial charge in [-0.1, -0.05) is 6.92 Å². The first kappa shape index (κ1) is 13.8. The summed E-state index contributed by atoms with van der Waals surface area (Å²) in [5, 5.41) is 4.59. The van der Waals surface area contributed by atoms with Gasteiger partial charge in [0.25, 0.3) is 0 Å². The topological polar surface area (TPSA) is 30.3 Å². The molecule has 0 spiro atoms. The van der Waals surface area contributed by atoms with E-state index in [1.54, 1.807) is 0 Å². The van der Waals surface area contributed by atoms with Crippen molar-refractivity contribution in [3.63, 3.8) is 0 Å². The van der Waals surface area contributed by atoms with Crippen molar-refractivity contribution in [1.29, 1.82) is 0 Å². The quantitative estimate of drug-likeness (QED) is 0.767. The lowest BCUT2D eigenvalue weighted by molar-refractivity contribution is -0.00414. The maximum atomic E-state index is 6.00. The third-order valence-corrected chi connectivity index (χ3v) is 3.82. The van der Waals surface area contributed by atoms with Crippen LogP contribution in [0.2, 0.25) is 0 Å². The van der Waals surface area contributed by atoms with E-state index in [1.807, 2.05) is 0 Å². The molecule has 5 heteroatoms. The molecule has 102 valence electrons. The summed E-state index contributed by atoms with van der Waals surface area (Å²) < 4.78 is 7.57. The lowest BCUT2D eigenvalue weighted by Crippen LogP contribution is -2.46. The second kappa shape index (κ2) is 6.55. The Labute approximate surface area is 114 Å². The second-order valence-electron chi connectivity index (χ2n) is 4.65. The number of nitrogens with zero attached hydrogens (tertiary/aromatic N) is 3. The van der Waals surface area contributed by atoms with E-state index >= 15 is 0 Å². The molecule has 1 aliphatic rings. The van der Waals surface area contributed by atoms with Crippen LogP contribution in [0.15, 0.2) is 6.07 Å². The van der Waals surface area contributed by atoms with Gasteiger partial charge in [-0.3, -0.25) is 9.58 Å². The van der Waals surface area contributed by atoms with Crippen LogP contribution in [0.1, 0.15) is 25.2 Å². The van der Waals surface area contributed by atoms with Gasteiger partial charge in [0.1, 0.15) is 0 Å². The Bertz CT molecular complexity index is 380. The zero-order valence-electron chi connectivity index (χ0n) is 11.2. The van der Waals surface area contributed by atoms with Gasteiger partial charge >= 0.3 is 0 Å². The largest absolute Gasteiger partial charge is 0.378 e. The zero-order valence-corrected chi connectivity index (χ0v) is 12.0. The molecule has 1 aliphatic heterocycles. The van der Waals surface area contributed by atoms with Gasteiger partial charge in [0.15, 0.2) is 0 Å². The molecule has 0 N–H and O–H groups in total. The number of ether oxygens (including phenoxy) is 1. The lowest BCUT2D eigenvalue weighted by Gasteiger charge is -2.34. The third kappa shape index (κ3) is 3.05. The van der Waals surface area contributed by atoms with Crippen molar-refractivity contribution in [2.45, 2.75) is 39.4 Å². The van der Waals surface area contributed by atoms with Crippen molar-refractivity contribution in [1.82, 2.24) is 14.7 Å². The van der Waals surface area contributed by atoms with Crippen LogP contribution in [-0.4, -0.2) is 46.4 Å². The molecule has 1 aromatic heterocycles. The molecule has 1 unspecified atom stereocenters. The molecule has 18 heavy (non-hydrogen) atoms. The number of hydrogen-bond acceptors (Lipinski definition) is 3. The fourth-order valence-corrected chi connectivity index (χ4v) is 2.62. The van der Waals surface area contributed by atoms with E-state index < -0.39 is 0 Å². The smallest absolute Gasteiger partial charge is 0.0634 e. The highest BCUT2D eigenvalue weighted by Crippen LogP contribution is 2.15. The van der Waals surface area contributed by atoms with E-state index in [1.165, 1.54) is 11.4 Å². The van der Waals surface area contributed by atoms with Gasteiger partial charge in [-0.2, -0.15) is 5.10 Å². The fourth-order valence-electron chi connectivity index (χ4n) is 2.34. The predicted octanol–water partition coefficient (Wildman–Crippen LogP) is 1.90. The van der Waals surface area contributed by atoms with E-state index in [-0.39, 0.29) is 0 Å². The number of halogens is 1. The van der Waals surface area contributed by atoms with Gasteiger partial charge < -0.3 is 4.74 Å². The Morgan fingerprint density at radius 2 is 2.33 bits per heavy atom. The number of aryl methyl sites for hydroxylation is 2. The molecule has 0 bridgehead atoms. The van der Waals surface area contributed by atoms with Crippen LogP contribution >= 0.6 is 11.6 Å². The molecule has 0 radical (unpaired) electrons. The van der Waals surface area contributed by atoms with E-state index in [0.717, 1.165) is 39.3 Å². The zero-order chi connectivity index (χ0) is 13.0. The summed E-state index contributed by atoms with van der Waals surface area (Å²) in [5.41, 5.74) is 2.45. The Hall–Kier alpha value is -0.580. The summed E-state index contributed by atoms with van der Waals surface area (Å²) in [6, 6.07) is 2.54. The van der Waals surface area contributed by atoms with Crippen molar-refractivity contribution in [3.8, 4) is 0 Å². The van der Waals surface area contributed by atoms with Crippen LogP contribution in [0, 0.1) is 0 Å². The first-order chi connectivity index (χ1) is 8.78. The highest BCUT2D eigenvalue weighted by molar-refractivity contribution is 6.18. The SMILES string of the molecule is CCc1cc(CN2CCOCC2CCl)n(CC)n1. The molecule has 1 saturated heterocycles. The highest BCUT2D eigenvalue weighted by atomic mass is 35.5. The van der Waals surface area contributed by atoms with Crippen molar-refractivity contribution in [3.05, 3.63) is 17.5 Å². The van der Waals surface area contributed by atoms with Crippen LogP contribution in [0.25, 0.3) is 0 Å². The van der Waals surface area contributed by atoms with Gasteiger partial charge in [0.2, 0.25) is 0 Å². The molecule has 0 amide bonds. The first-order valence-electron chi connectivity index (χ1n) is 6.71. The molecule has 1 atom stereocenters. The lowest BCUT2D eigenvalue weighted by atomic mass is 10.2. The van der Waals surface area contributed by atoms with Gasteiger partial charge in [-0.25, -0.2) is 0 Å². The maximum Gasteiger partial charge on any atom is 0.0634 e. The highest BCUT2D eigenvalue weighted by Gasteiger charge is 2.23. The van der Waals surface area contributed by atoms with Crippen LogP contribution in [0.5, 0.6) is 0 Å². The van der Waals surface area contributed by atoms with Crippen LogP contribution in [0.4, 0.5) is 0 Å². The molecule has 4 nitrogen and oxygen atoms in total. The summed E-state index contributed by atoms with van der Waals surface area (Å²) in [5.74, 6) is 0.626. The summed E-state index contributed by atoms with van der Waals surface area (Å²) in [7, 11) is 0. The average Bonchev–Trinajstić information content (AvgIpc) is 2.81. The van der Waals surface area contributed by atoms with Gasteiger partial charge in [0, 0.05) is 31.6 Å². The molecule has 0 aliphatic carbocycles. The Kier molecular flexibility index (Phi) is 5.03. The second-order valence-corrected chi connectivity index (χ2v) is 4.96. The minimum atomic E-state index is 0.325. The number of morpholine rings is 1. The van der Waals surface area contributed by atoms with E-state index in [9.17, 15) is 0 Å². The number of aromatic nitrogens is 2. The van der Waals surface area contributed by atoms with Crippen molar-refractivity contribution in [2.24, 2.45) is 0 Å². The van der Waals surface area contributed by atoms with Crippen LogP contribution in [0.3, 0.4) is 0 Å². The van der Waals surface area contributed by atoms with Crippen molar-refractivity contribution in [2.75, 3.05) is 25.6 Å². The summed E-state index contributed by atoms with van der Waals surface area (Å²) in [6.45, 7) is 8.61. The third-order valence-electron chi connectivity index (χ3n) is 3.47. The Morgan fingerprint density at radius 1 is 1.50 bits per heavy atom. The van der Waals surface area contributed by atoms with Gasteiger partial charge in [-0.05, 0) is 19.4 Å². The minimum Gasteiger partial charge on any atom is -0.378 e. The molecular formula is C13H22ClN3O. The van der Waals surface area contributed by atoms with E-state index in [0.29, 0.717) is 11.9 Å². The summed E-state index contributed by atoms with van der Waals surface area (Å²) >= 11 is 6.00. The van der Waals surface area contributed by atoms with Crippen LogP contribution in [-0.2, 0) is 24.2 Å². The number of hydrogen-bond donors (Lipinski definition) is 0. The molecule has 0 aromatic carbocycles. The number of rotatable bonds is 5. The van der Waals surface area contributed by atoms with E-state index in [4.69, 9.17) is 16.3 Å². The normalized spacial score (nSPS) is 21.4. The summed E-state index contributed by atoms with van der Waals surface area (Å²) in [4.78, 5) is 2.40. The molecule has 1 aromatic rings. The summed E-state index contributed by atoms with van der Waals surface area (Å²) in [6.07, 6.45) is 0.988. The Morgan fingerprint density at radius 3 is 3.00 bits per heavy atom. The van der Waals surface area contributed by atoms with Crippen LogP contribution < -0.4 is 0 Å². The molecule has 2 heterocycles. The molecule has 1 fully saturated rings. The minimum absolute atomic E-state index is 0.325. The van der Waals surface area contributed by atoms with Crippen molar-refractivity contribution < 1.29 is 4.74 Å². The predicted molar refractivity (Wildman–Crippen MR) is 73.0 cm³/mol. The standard InChI is InChI=1S/C13H22ClN3O/c1-3-11-7-12(17(4-2)15-11)9-16-5-6-18-10-13(16)8-14/h7,13H,3-6,8-10H2,1-2H3. The Balaban J connectivity index is 2.09. The van der Waals surface area contributed by atoms with Crippen molar-refractivity contribution >= 4 is 11.6 Å². The first-order valence-corrected chi connectivity index (χ1v) is 7.25. The molecule has 2 rings (SSSR count). The average molecular weight is 272 g/mol. The van der Waals surface area contributed by atoms with E-state index in [2.05, 4.69) is 34.6 Å². The van der Waals surface area contributed by atoms with Gasteiger partial charge in [0.05, 0.1) is 24.6 Å².